The Hall–Kier alpha value is -2.87. The monoisotopic (exact) mass is 344 g/mol. The molecule has 24 heavy (non-hydrogen) atoms. The number of thiophene rings is 1. The van der Waals surface area contributed by atoms with Crippen LogP contribution in [0.25, 0.3) is 10.8 Å². The van der Waals surface area contributed by atoms with Gasteiger partial charge in [-0.3, -0.25) is 10.1 Å². The number of hydrogen-bond acceptors (Lipinski definition) is 7. The van der Waals surface area contributed by atoms with Crippen LogP contribution >= 0.6 is 11.3 Å². The molecule has 0 aliphatic carbocycles. The van der Waals surface area contributed by atoms with Gasteiger partial charge < -0.3 is 13.9 Å². The third-order valence-electron chi connectivity index (χ3n) is 3.06. The van der Waals surface area contributed by atoms with Gasteiger partial charge in [-0.2, -0.15) is 0 Å². The van der Waals surface area contributed by atoms with Crippen molar-refractivity contribution in [1.82, 2.24) is 10.2 Å². The molecule has 0 aliphatic rings. The molecule has 123 valence electrons. The first kappa shape index (κ1) is 16.0. The van der Waals surface area contributed by atoms with E-state index in [0.717, 1.165) is 4.88 Å². The molecule has 0 saturated heterocycles. The molecule has 0 saturated carbocycles. The number of ether oxygens (including phenoxy) is 2. The Morgan fingerprint density at radius 2 is 2.25 bits per heavy atom. The maximum absolute atomic E-state index is 12.4. The zero-order chi connectivity index (χ0) is 16.9. The van der Waals surface area contributed by atoms with Gasteiger partial charge in [0.05, 0.1) is 24.2 Å². The summed E-state index contributed by atoms with van der Waals surface area (Å²) in [5.41, 5.74) is 0.324. The molecular weight excluding hydrogens is 330 g/mol. The van der Waals surface area contributed by atoms with Crippen LogP contribution in [-0.4, -0.2) is 29.8 Å². The Kier molecular flexibility index (Phi) is 4.76. The molecule has 0 unspecified atom stereocenters. The molecule has 2 aromatic heterocycles. The van der Waals surface area contributed by atoms with Crippen LogP contribution in [0.3, 0.4) is 0 Å². The number of rotatable bonds is 6. The molecule has 2 heterocycles. The van der Waals surface area contributed by atoms with Crippen LogP contribution in [0.1, 0.15) is 10.4 Å². The lowest BCUT2D eigenvalue weighted by molar-refractivity contribution is 0.102. The predicted molar refractivity (Wildman–Crippen MR) is 89.4 cm³/mol. The Labute approximate surface area is 142 Å². The topological polar surface area (TPSA) is 86.5 Å². The largest absolute Gasteiger partial charge is 0.496 e. The maximum atomic E-state index is 12.4. The van der Waals surface area contributed by atoms with Gasteiger partial charge in [-0.25, -0.2) is 0 Å². The zero-order valence-electron chi connectivity index (χ0n) is 12.8. The molecule has 1 aromatic carbocycles. The van der Waals surface area contributed by atoms with E-state index in [1.54, 1.807) is 18.2 Å². The minimum Gasteiger partial charge on any atom is -0.496 e. The molecule has 0 fully saturated rings. The summed E-state index contributed by atoms with van der Waals surface area (Å²) < 4.78 is 16.0. The van der Waals surface area contributed by atoms with Crippen LogP contribution in [0.4, 0.5) is 6.01 Å². The lowest BCUT2D eigenvalue weighted by atomic mass is 10.2. The standard InChI is InChI=1S/C16H14N3O4S/c1-3-22-10-6-7-11(12(9-10)21-2)14(20)17-16-19-18-15(23-16)13-5-4-8-24-13/h4-9H,1,3H2,2H3,(H,17,19,20). The lowest BCUT2D eigenvalue weighted by Gasteiger charge is -2.10. The number of anilines is 1. The Morgan fingerprint density at radius 3 is 2.96 bits per heavy atom. The lowest BCUT2D eigenvalue weighted by Crippen LogP contribution is -2.13. The van der Waals surface area contributed by atoms with E-state index >= 15 is 0 Å². The van der Waals surface area contributed by atoms with Gasteiger partial charge in [0.1, 0.15) is 11.5 Å². The van der Waals surface area contributed by atoms with Crippen LogP contribution in [0.15, 0.2) is 40.1 Å². The van der Waals surface area contributed by atoms with Crippen LogP contribution in [-0.2, 0) is 0 Å². The van der Waals surface area contributed by atoms with Crippen LogP contribution in [0.5, 0.6) is 11.5 Å². The van der Waals surface area contributed by atoms with Gasteiger partial charge in [0.25, 0.3) is 11.8 Å². The molecule has 3 aromatic rings. The summed E-state index contributed by atoms with van der Waals surface area (Å²) in [6.07, 6.45) is 0. The fourth-order valence-electron chi connectivity index (χ4n) is 2.00. The number of methoxy groups -OCH3 is 1. The van der Waals surface area contributed by atoms with Gasteiger partial charge in [0, 0.05) is 6.07 Å². The van der Waals surface area contributed by atoms with Gasteiger partial charge in [-0.1, -0.05) is 11.2 Å². The number of hydrogen-bond donors (Lipinski definition) is 1. The summed E-state index contributed by atoms with van der Waals surface area (Å²) in [5.74, 6) is 0.869. The molecule has 1 radical (unpaired) electrons. The molecule has 0 spiro atoms. The van der Waals surface area contributed by atoms with Crippen molar-refractivity contribution in [2.75, 3.05) is 19.0 Å². The predicted octanol–water partition coefficient (Wildman–Crippen LogP) is 3.27. The van der Waals surface area contributed by atoms with Crippen LogP contribution in [0, 0.1) is 6.92 Å². The first-order valence-corrected chi connectivity index (χ1v) is 7.88. The van der Waals surface area contributed by atoms with Gasteiger partial charge in [-0.05, 0) is 30.5 Å². The first-order valence-electron chi connectivity index (χ1n) is 7.00. The number of aromatic nitrogens is 2. The molecule has 1 amide bonds. The van der Waals surface area contributed by atoms with Gasteiger partial charge in [0.15, 0.2) is 0 Å². The van der Waals surface area contributed by atoms with Crippen molar-refractivity contribution >= 4 is 23.3 Å². The van der Waals surface area contributed by atoms with Crippen molar-refractivity contribution in [1.29, 1.82) is 0 Å². The van der Waals surface area contributed by atoms with Crippen molar-refractivity contribution < 1.29 is 18.7 Å². The minimum atomic E-state index is -0.422. The highest BCUT2D eigenvalue weighted by Gasteiger charge is 2.17. The van der Waals surface area contributed by atoms with Crippen molar-refractivity contribution in [3.05, 3.63) is 48.2 Å². The molecule has 0 bridgehead atoms. The summed E-state index contributed by atoms with van der Waals surface area (Å²) in [6, 6.07) is 8.62. The second kappa shape index (κ2) is 7.14. The maximum Gasteiger partial charge on any atom is 0.322 e. The molecule has 0 atom stereocenters. The Balaban J connectivity index is 1.77. The zero-order valence-corrected chi connectivity index (χ0v) is 13.6. The van der Waals surface area contributed by atoms with Crippen molar-refractivity contribution in [2.45, 2.75) is 0 Å². The molecule has 8 heteroatoms. The number of nitrogens with one attached hydrogen (secondary N) is 1. The van der Waals surface area contributed by atoms with Crippen molar-refractivity contribution in [2.24, 2.45) is 0 Å². The summed E-state index contributed by atoms with van der Waals surface area (Å²) in [6.45, 7) is 3.88. The number of benzene rings is 1. The summed E-state index contributed by atoms with van der Waals surface area (Å²) >= 11 is 1.47. The first-order chi connectivity index (χ1) is 11.7. The average molecular weight is 344 g/mol. The number of amides is 1. The minimum absolute atomic E-state index is 0.0172. The van der Waals surface area contributed by atoms with E-state index in [0.29, 0.717) is 23.0 Å². The molecule has 0 aliphatic heterocycles. The fraction of sp³-hybridized carbons (Fsp3) is 0.125. The van der Waals surface area contributed by atoms with E-state index in [-0.39, 0.29) is 12.6 Å². The highest BCUT2D eigenvalue weighted by atomic mass is 32.1. The van der Waals surface area contributed by atoms with Gasteiger partial charge in [0.2, 0.25) is 0 Å². The normalized spacial score (nSPS) is 10.4. The van der Waals surface area contributed by atoms with E-state index in [1.165, 1.54) is 18.4 Å². The number of carbonyl (C=O) groups is 1. The van der Waals surface area contributed by atoms with Crippen LogP contribution < -0.4 is 14.8 Å². The highest BCUT2D eigenvalue weighted by Crippen LogP contribution is 2.27. The number of nitrogens with zero attached hydrogens (tertiary/aromatic N) is 2. The summed E-state index contributed by atoms with van der Waals surface area (Å²) in [7, 11) is 1.47. The second-order valence-corrected chi connectivity index (χ2v) is 5.50. The Morgan fingerprint density at radius 1 is 1.38 bits per heavy atom. The molecular formula is C16H14N3O4S. The van der Waals surface area contributed by atoms with E-state index in [1.807, 2.05) is 17.5 Å². The van der Waals surface area contributed by atoms with E-state index in [4.69, 9.17) is 13.9 Å². The van der Waals surface area contributed by atoms with E-state index in [9.17, 15) is 4.79 Å². The third kappa shape index (κ3) is 3.38. The van der Waals surface area contributed by atoms with Crippen LogP contribution in [0.2, 0.25) is 0 Å². The molecule has 7 nitrogen and oxygen atoms in total. The van der Waals surface area contributed by atoms with E-state index < -0.39 is 5.91 Å². The van der Waals surface area contributed by atoms with E-state index in [2.05, 4.69) is 22.4 Å². The third-order valence-corrected chi connectivity index (χ3v) is 3.92. The summed E-state index contributed by atoms with van der Waals surface area (Å²) in [4.78, 5) is 13.2. The summed E-state index contributed by atoms with van der Waals surface area (Å²) in [5, 5.41) is 12.2. The molecule has 1 N–H and O–H groups in total. The average Bonchev–Trinajstić information content (AvgIpc) is 3.26. The Bertz CT molecular complexity index is 830. The second-order valence-electron chi connectivity index (χ2n) is 4.55. The fourth-order valence-corrected chi connectivity index (χ4v) is 2.65. The van der Waals surface area contributed by atoms with Crippen molar-refractivity contribution in [3.63, 3.8) is 0 Å². The van der Waals surface area contributed by atoms with Gasteiger partial charge in [-0.15, -0.1) is 16.4 Å². The van der Waals surface area contributed by atoms with Crippen molar-refractivity contribution in [3.8, 4) is 22.3 Å². The van der Waals surface area contributed by atoms with Gasteiger partial charge >= 0.3 is 6.01 Å². The highest BCUT2D eigenvalue weighted by molar-refractivity contribution is 7.13. The molecule has 3 rings (SSSR count). The smallest absolute Gasteiger partial charge is 0.322 e. The number of carbonyl (C=O) groups excluding carboxylic acids is 1. The quantitative estimate of drug-likeness (QED) is 0.738. The SMILES string of the molecule is [CH2]COc1ccc(C(=O)Nc2nnc(-c3cccs3)o2)c(OC)c1.